The highest BCUT2D eigenvalue weighted by Gasteiger charge is 2.19. The highest BCUT2D eigenvalue weighted by molar-refractivity contribution is 5.96. The molecule has 1 aromatic rings. The van der Waals surface area contributed by atoms with E-state index in [0.717, 1.165) is 18.3 Å². The number of aromatic nitrogens is 1. The number of nitrogens with zero attached hydrogens (tertiary/aromatic N) is 1. The maximum absolute atomic E-state index is 11.9. The predicted octanol–water partition coefficient (Wildman–Crippen LogP) is 2.61. The largest absolute Gasteiger partial charge is 0.397 e. The van der Waals surface area contributed by atoms with Crippen LogP contribution in [0.15, 0.2) is 18.3 Å². The second-order valence-electron chi connectivity index (χ2n) is 5.62. The summed E-state index contributed by atoms with van der Waals surface area (Å²) >= 11 is 0. The minimum Gasteiger partial charge on any atom is -0.397 e. The summed E-state index contributed by atoms with van der Waals surface area (Å²) in [6.45, 7) is 3.03. The maximum Gasteiger partial charge on any atom is 0.272 e. The van der Waals surface area contributed by atoms with Crippen LogP contribution < -0.4 is 11.1 Å². The Kier molecular flexibility index (Phi) is 4.77. The predicted molar refractivity (Wildman–Crippen MR) is 76.7 cm³/mol. The zero-order valence-corrected chi connectivity index (χ0v) is 11.6. The van der Waals surface area contributed by atoms with Crippen LogP contribution in [0.1, 0.15) is 49.5 Å². The van der Waals surface area contributed by atoms with E-state index in [9.17, 15) is 4.79 Å². The van der Waals surface area contributed by atoms with Crippen molar-refractivity contribution >= 4 is 11.6 Å². The van der Waals surface area contributed by atoms with Crippen molar-refractivity contribution in [2.24, 2.45) is 11.8 Å². The van der Waals surface area contributed by atoms with Crippen LogP contribution in [0.5, 0.6) is 0 Å². The second-order valence-corrected chi connectivity index (χ2v) is 5.62. The molecule has 0 saturated heterocycles. The summed E-state index contributed by atoms with van der Waals surface area (Å²) in [5.74, 6) is 1.42. The van der Waals surface area contributed by atoms with Crippen molar-refractivity contribution in [2.75, 3.05) is 12.3 Å². The molecule has 0 bridgehead atoms. The number of hydrogen-bond donors (Lipinski definition) is 2. The molecule has 1 aromatic heterocycles. The number of anilines is 1. The summed E-state index contributed by atoms with van der Waals surface area (Å²) in [5.41, 5.74) is 6.50. The monoisotopic (exact) mass is 261 g/mol. The molecular weight excluding hydrogens is 238 g/mol. The Labute approximate surface area is 114 Å². The average molecular weight is 261 g/mol. The first-order chi connectivity index (χ1) is 9.16. The summed E-state index contributed by atoms with van der Waals surface area (Å²) < 4.78 is 0. The first-order valence-electron chi connectivity index (χ1n) is 7.15. The van der Waals surface area contributed by atoms with Gasteiger partial charge in [0.15, 0.2) is 5.69 Å². The molecule has 104 valence electrons. The molecule has 2 rings (SSSR count). The van der Waals surface area contributed by atoms with Gasteiger partial charge in [-0.1, -0.05) is 26.2 Å². The highest BCUT2D eigenvalue weighted by Crippen LogP contribution is 2.30. The first kappa shape index (κ1) is 13.8. The molecule has 1 heterocycles. The first-order valence-corrected chi connectivity index (χ1v) is 7.15. The topological polar surface area (TPSA) is 68.0 Å². The molecule has 4 heteroatoms. The lowest BCUT2D eigenvalue weighted by atomic mass is 9.81. The van der Waals surface area contributed by atoms with Crippen molar-refractivity contribution in [1.82, 2.24) is 10.3 Å². The Morgan fingerprint density at radius 3 is 3.11 bits per heavy atom. The van der Waals surface area contributed by atoms with Crippen molar-refractivity contribution in [3.05, 3.63) is 24.0 Å². The minimum atomic E-state index is -0.165. The lowest BCUT2D eigenvalue weighted by Crippen LogP contribution is -2.28. The number of nitrogens with two attached hydrogens (primary N) is 1. The second kappa shape index (κ2) is 6.55. The molecule has 1 aliphatic carbocycles. The molecule has 0 aliphatic heterocycles. The van der Waals surface area contributed by atoms with Gasteiger partial charge >= 0.3 is 0 Å². The molecule has 19 heavy (non-hydrogen) atoms. The van der Waals surface area contributed by atoms with Crippen molar-refractivity contribution < 1.29 is 4.79 Å². The third kappa shape index (κ3) is 3.94. The number of amides is 1. The zero-order chi connectivity index (χ0) is 13.7. The van der Waals surface area contributed by atoms with E-state index in [1.54, 1.807) is 18.3 Å². The molecule has 0 radical (unpaired) electrons. The van der Waals surface area contributed by atoms with Crippen molar-refractivity contribution in [1.29, 1.82) is 0 Å². The molecule has 1 amide bonds. The third-order valence-electron chi connectivity index (χ3n) is 3.94. The number of hydrogen-bond acceptors (Lipinski definition) is 3. The van der Waals surface area contributed by atoms with E-state index in [-0.39, 0.29) is 5.91 Å². The smallest absolute Gasteiger partial charge is 0.272 e. The van der Waals surface area contributed by atoms with Gasteiger partial charge in [-0.25, -0.2) is 4.98 Å². The zero-order valence-electron chi connectivity index (χ0n) is 11.6. The molecule has 1 saturated carbocycles. The highest BCUT2D eigenvalue weighted by atomic mass is 16.1. The molecule has 2 unspecified atom stereocenters. The normalized spacial score (nSPS) is 23.0. The van der Waals surface area contributed by atoms with Crippen LogP contribution >= 0.6 is 0 Å². The summed E-state index contributed by atoms with van der Waals surface area (Å²) in [6.07, 6.45) is 7.92. The van der Waals surface area contributed by atoms with Gasteiger partial charge < -0.3 is 11.1 Å². The molecule has 1 fully saturated rings. The fraction of sp³-hybridized carbons (Fsp3) is 0.600. The van der Waals surface area contributed by atoms with Gasteiger partial charge in [0.05, 0.1) is 5.69 Å². The molecule has 3 N–H and O–H groups in total. The number of carbonyl (C=O) groups is 1. The fourth-order valence-corrected chi connectivity index (χ4v) is 2.90. The van der Waals surface area contributed by atoms with Gasteiger partial charge in [0.2, 0.25) is 0 Å². The maximum atomic E-state index is 11.9. The van der Waals surface area contributed by atoms with E-state index < -0.39 is 0 Å². The van der Waals surface area contributed by atoms with Crippen LogP contribution in [-0.4, -0.2) is 17.4 Å². The van der Waals surface area contributed by atoms with Crippen LogP contribution in [0.4, 0.5) is 5.69 Å². The van der Waals surface area contributed by atoms with Crippen LogP contribution in [0.25, 0.3) is 0 Å². The molecule has 0 aromatic carbocycles. The van der Waals surface area contributed by atoms with Gasteiger partial charge in [-0.2, -0.15) is 0 Å². The molecule has 4 nitrogen and oxygen atoms in total. The molecule has 2 atom stereocenters. The van der Waals surface area contributed by atoms with Crippen molar-refractivity contribution in [3.8, 4) is 0 Å². The van der Waals surface area contributed by atoms with Crippen molar-refractivity contribution in [3.63, 3.8) is 0 Å². The van der Waals surface area contributed by atoms with Crippen LogP contribution in [-0.2, 0) is 0 Å². The quantitative estimate of drug-likeness (QED) is 0.875. The standard InChI is InChI=1S/C15H23N3O/c1-11-4-2-5-12(10-11)7-9-18-15(19)14-13(16)6-3-8-17-14/h3,6,8,11-12H,2,4-5,7,9-10,16H2,1H3,(H,18,19). The Bertz CT molecular complexity index is 433. The Hall–Kier alpha value is -1.58. The lowest BCUT2D eigenvalue weighted by molar-refractivity contribution is 0.0945. The van der Waals surface area contributed by atoms with E-state index in [2.05, 4.69) is 17.2 Å². The van der Waals surface area contributed by atoms with Gasteiger partial charge in [0.25, 0.3) is 5.91 Å². The van der Waals surface area contributed by atoms with Crippen molar-refractivity contribution in [2.45, 2.75) is 39.0 Å². The van der Waals surface area contributed by atoms with Gasteiger partial charge in [-0.15, -0.1) is 0 Å². The van der Waals surface area contributed by atoms with Crippen LogP contribution in [0.3, 0.4) is 0 Å². The van der Waals surface area contributed by atoms with Gasteiger partial charge in [0.1, 0.15) is 0 Å². The van der Waals surface area contributed by atoms with E-state index in [1.165, 1.54) is 25.7 Å². The van der Waals surface area contributed by atoms with E-state index in [1.807, 2.05) is 0 Å². The van der Waals surface area contributed by atoms with Gasteiger partial charge in [0, 0.05) is 12.7 Å². The van der Waals surface area contributed by atoms with Crippen LogP contribution in [0, 0.1) is 11.8 Å². The Balaban J connectivity index is 1.76. The third-order valence-corrected chi connectivity index (χ3v) is 3.94. The van der Waals surface area contributed by atoms with E-state index >= 15 is 0 Å². The lowest BCUT2D eigenvalue weighted by Gasteiger charge is -2.26. The Morgan fingerprint density at radius 1 is 1.53 bits per heavy atom. The SMILES string of the molecule is CC1CCCC(CCNC(=O)c2ncccc2N)C1. The average Bonchev–Trinajstić information content (AvgIpc) is 2.39. The Morgan fingerprint density at radius 2 is 2.37 bits per heavy atom. The molecule has 0 spiro atoms. The van der Waals surface area contributed by atoms with Gasteiger partial charge in [-0.3, -0.25) is 4.79 Å². The number of nitrogens with one attached hydrogen (secondary N) is 1. The van der Waals surface area contributed by atoms with Gasteiger partial charge in [-0.05, 0) is 36.8 Å². The number of pyridine rings is 1. The molecule has 1 aliphatic rings. The van der Waals surface area contributed by atoms with Crippen LogP contribution in [0.2, 0.25) is 0 Å². The van der Waals surface area contributed by atoms with E-state index in [4.69, 9.17) is 5.73 Å². The summed E-state index contributed by atoms with van der Waals surface area (Å²) in [4.78, 5) is 15.9. The summed E-state index contributed by atoms with van der Waals surface area (Å²) in [5, 5.41) is 2.92. The fourth-order valence-electron chi connectivity index (χ4n) is 2.90. The molecular formula is C15H23N3O. The van der Waals surface area contributed by atoms with E-state index in [0.29, 0.717) is 17.9 Å². The summed E-state index contributed by atoms with van der Waals surface area (Å²) in [6, 6.07) is 3.43. The summed E-state index contributed by atoms with van der Waals surface area (Å²) in [7, 11) is 0. The number of nitrogen functional groups attached to an aromatic ring is 1. The number of rotatable bonds is 4. The minimum absolute atomic E-state index is 0.165. The number of carbonyl (C=O) groups excluding carboxylic acids is 1.